The summed E-state index contributed by atoms with van der Waals surface area (Å²) in [6.07, 6.45) is -1.76. The van der Waals surface area contributed by atoms with Crippen LogP contribution in [0.2, 0.25) is 0 Å². The van der Waals surface area contributed by atoms with Crippen LogP contribution < -0.4 is 0 Å². The van der Waals surface area contributed by atoms with Crippen molar-refractivity contribution in [2.45, 2.75) is 44.9 Å². The van der Waals surface area contributed by atoms with E-state index >= 15 is 0 Å². The standard InChI is InChI=1S/C19H21NO4/c1-19(2,3)24-18(23)20-16(22)11-15(21)17(20)14-10-6-8-12-7-4-5-9-13(12)14/h4-10,15,17,21H,11H2,1-3H3/t15-,17-/m0/s1. The third-order valence-corrected chi connectivity index (χ3v) is 4.03. The summed E-state index contributed by atoms with van der Waals surface area (Å²) in [4.78, 5) is 25.9. The highest BCUT2D eigenvalue weighted by atomic mass is 16.6. The summed E-state index contributed by atoms with van der Waals surface area (Å²) in [5.74, 6) is -0.422. The molecular formula is C19H21NO4. The summed E-state index contributed by atoms with van der Waals surface area (Å²) >= 11 is 0. The molecule has 24 heavy (non-hydrogen) atoms. The number of hydrogen-bond acceptors (Lipinski definition) is 4. The number of ether oxygens (including phenoxy) is 1. The summed E-state index contributed by atoms with van der Waals surface area (Å²) in [5, 5.41) is 12.3. The van der Waals surface area contributed by atoms with Gasteiger partial charge >= 0.3 is 6.09 Å². The van der Waals surface area contributed by atoms with Gasteiger partial charge < -0.3 is 9.84 Å². The Balaban J connectivity index is 2.06. The van der Waals surface area contributed by atoms with Crippen LogP contribution in [0.1, 0.15) is 38.8 Å². The van der Waals surface area contributed by atoms with E-state index in [4.69, 9.17) is 4.74 Å². The maximum Gasteiger partial charge on any atom is 0.417 e. The van der Waals surface area contributed by atoms with Crippen molar-refractivity contribution >= 4 is 22.8 Å². The zero-order valence-corrected chi connectivity index (χ0v) is 14.0. The Hall–Kier alpha value is -2.40. The first-order valence-corrected chi connectivity index (χ1v) is 7.99. The number of benzene rings is 2. The minimum absolute atomic E-state index is 0.0901. The van der Waals surface area contributed by atoms with E-state index < -0.39 is 29.7 Å². The monoisotopic (exact) mass is 327 g/mol. The molecule has 126 valence electrons. The lowest BCUT2D eigenvalue weighted by atomic mass is 9.96. The molecule has 0 bridgehead atoms. The second-order valence-corrected chi connectivity index (χ2v) is 7.03. The minimum atomic E-state index is -0.948. The summed E-state index contributed by atoms with van der Waals surface area (Å²) < 4.78 is 5.36. The molecule has 1 saturated heterocycles. The Morgan fingerprint density at radius 2 is 1.83 bits per heavy atom. The molecule has 3 rings (SSSR count). The van der Waals surface area contributed by atoms with Crippen LogP contribution in [0.4, 0.5) is 4.79 Å². The molecule has 2 aromatic rings. The number of aliphatic hydroxyl groups excluding tert-OH is 1. The number of likely N-dealkylation sites (tertiary alicyclic amines) is 1. The number of nitrogens with zero attached hydrogens (tertiary/aromatic N) is 1. The molecular weight excluding hydrogens is 306 g/mol. The molecule has 2 atom stereocenters. The van der Waals surface area contributed by atoms with E-state index in [0.717, 1.165) is 21.2 Å². The third kappa shape index (κ3) is 2.99. The first kappa shape index (κ1) is 16.5. The van der Waals surface area contributed by atoms with Gasteiger partial charge in [0.05, 0.1) is 18.6 Å². The maximum atomic E-state index is 12.5. The molecule has 1 heterocycles. The SMILES string of the molecule is CC(C)(C)OC(=O)N1C(=O)C[C@H](O)[C@@H]1c1cccc2ccccc12. The van der Waals surface area contributed by atoms with Crippen molar-refractivity contribution in [2.75, 3.05) is 0 Å². The lowest BCUT2D eigenvalue weighted by Gasteiger charge is -2.29. The van der Waals surface area contributed by atoms with Gasteiger partial charge in [-0.1, -0.05) is 42.5 Å². The number of rotatable bonds is 1. The van der Waals surface area contributed by atoms with Crippen molar-refractivity contribution in [3.8, 4) is 0 Å². The van der Waals surface area contributed by atoms with Crippen molar-refractivity contribution in [1.29, 1.82) is 0 Å². The summed E-state index contributed by atoms with van der Waals surface area (Å²) in [7, 11) is 0. The smallest absolute Gasteiger partial charge is 0.417 e. The van der Waals surface area contributed by atoms with Crippen LogP contribution in [-0.4, -0.2) is 33.7 Å². The molecule has 0 radical (unpaired) electrons. The van der Waals surface area contributed by atoms with Gasteiger partial charge in [0.2, 0.25) is 5.91 Å². The maximum absolute atomic E-state index is 12.5. The van der Waals surface area contributed by atoms with Crippen LogP contribution in [0.5, 0.6) is 0 Å². The van der Waals surface area contributed by atoms with Crippen molar-refractivity contribution in [3.63, 3.8) is 0 Å². The van der Waals surface area contributed by atoms with Crippen LogP contribution in [0.3, 0.4) is 0 Å². The van der Waals surface area contributed by atoms with Crippen LogP contribution in [-0.2, 0) is 9.53 Å². The summed E-state index contributed by atoms with van der Waals surface area (Å²) in [6, 6.07) is 12.6. The number of imide groups is 1. The first-order valence-electron chi connectivity index (χ1n) is 7.99. The average Bonchev–Trinajstić information content (AvgIpc) is 2.79. The Morgan fingerprint density at radius 3 is 2.54 bits per heavy atom. The molecule has 1 aliphatic rings. The molecule has 0 spiro atoms. The predicted molar refractivity (Wildman–Crippen MR) is 90.4 cm³/mol. The molecule has 1 fully saturated rings. The van der Waals surface area contributed by atoms with Crippen LogP contribution in [0, 0.1) is 0 Å². The Labute approximate surface area is 140 Å². The fourth-order valence-corrected chi connectivity index (χ4v) is 3.10. The molecule has 0 aliphatic carbocycles. The Bertz CT molecular complexity index is 788. The van der Waals surface area contributed by atoms with E-state index in [-0.39, 0.29) is 6.42 Å². The van der Waals surface area contributed by atoms with Gasteiger partial charge in [-0.3, -0.25) is 4.79 Å². The fraction of sp³-hybridized carbons (Fsp3) is 0.368. The van der Waals surface area contributed by atoms with Crippen molar-refractivity contribution in [2.24, 2.45) is 0 Å². The van der Waals surface area contributed by atoms with Crippen LogP contribution in [0.25, 0.3) is 10.8 Å². The Morgan fingerprint density at radius 1 is 1.17 bits per heavy atom. The quantitative estimate of drug-likeness (QED) is 0.871. The Kier molecular flexibility index (Phi) is 4.05. The zero-order valence-electron chi connectivity index (χ0n) is 14.0. The lowest BCUT2D eigenvalue weighted by molar-refractivity contribution is -0.128. The van der Waals surface area contributed by atoms with Crippen molar-refractivity contribution in [3.05, 3.63) is 48.0 Å². The number of carbonyl (C=O) groups excluding carboxylic acids is 2. The van der Waals surface area contributed by atoms with Gasteiger partial charge in [-0.05, 0) is 37.1 Å². The molecule has 2 aromatic carbocycles. The van der Waals surface area contributed by atoms with Gasteiger partial charge in [-0.2, -0.15) is 0 Å². The molecule has 0 saturated carbocycles. The predicted octanol–water partition coefficient (Wildman–Crippen LogP) is 3.41. The minimum Gasteiger partial charge on any atom is -0.443 e. The fourth-order valence-electron chi connectivity index (χ4n) is 3.10. The molecule has 2 amide bonds. The van der Waals surface area contributed by atoms with Gasteiger partial charge in [0.15, 0.2) is 0 Å². The highest BCUT2D eigenvalue weighted by molar-refractivity contribution is 5.96. The van der Waals surface area contributed by atoms with E-state index in [9.17, 15) is 14.7 Å². The van der Waals surface area contributed by atoms with Crippen molar-refractivity contribution in [1.82, 2.24) is 4.90 Å². The van der Waals surface area contributed by atoms with Crippen molar-refractivity contribution < 1.29 is 19.4 Å². The molecule has 5 nitrogen and oxygen atoms in total. The number of carbonyl (C=O) groups is 2. The van der Waals surface area contributed by atoms with Gasteiger partial charge in [0, 0.05) is 0 Å². The number of amides is 2. The van der Waals surface area contributed by atoms with Gasteiger partial charge in [-0.25, -0.2) is 9.69 Å². The molecule has 5 heteroatoms. The topological polar surface area (TPSA) is 66.8 Å². The number of hydrogen-bond donors (Lipinski definition) is 1. The zero-order chi connectivity index (χ0) is 17.5. The highest BCUT2D eigenvalue weighted by Crippen LogP contribution is 2.37. The van der Waals surface area contributed by atoms with Gasteiger partial charge in [-0.15, -0.1) is 0 Å². The second kappa shape index (κ2) is 5.91. The van der Waals surface area contributed by atoms with Gasteiger partial charge in [0.1, 0.15) is 5.60 Å². The van der Waals surface area contributed by atoms with E-state index in [1.807, 2.05) is 42.5 Å². The molecule has 0 aromatic heterocycles. The number of fused-ring (bicyclic) bond motifs is 1. The van der Waals surface area contributed by atoms with E-state index in [2.05, 4.69) is 0 Å². The second-order valence-electron chi connectivity index (χ2n) is 7.03. The third-order valence-electron chi connectivity index (χ3n) is 4.03. The molecule has 0 unspecified atom stereocenters. The summed E-state index contributed by atoms with van der Waals surface area (Å²) in [5.41, 5.74) is 0.0334. The largest absolute Gasteiger partial charge is 0.443 e. The van der Waals surface area contributed by atoms with E-state index in [0.29, 0.717) is 0 Å². The average molecular weight is 327 g/mol. The highest BCUT2D eigenvalue weighted by Gasteiger charge is 2.45. The molecule has 1 N–H and O–H groups in total. The molecule has 1 aliphatic heterocycles. The van der Waals surface area contributed by atoms with E-state index in [1.54, 1.807) is 20.8 Å². The lowest BCUT2D eigenvalue weighted by Crippen LogP contribution is -2.40. The van der Waals surface area contributed by atoms with Gasteiger partial charge in [0.25, 0.3) is 0 Å². The van der Waals surface area contributed by atoms with Crippen LogP contribution >= 0.6 is 0 Å². The number of aliphatic hydroxyl groups is 1. The van der Waals surface area contributed by atoms with E-state index in [1.165, 1.54) is 0 Å². The first-order chi connectivity index (χ1) is 11.3. The summed E-state index contributed by atoms with van der Waals surface area (Å²) in [6.45, 7) is 5.23. The van der Waals surface area contributed by atoms with Crippen LogP contribution in [0.15, 0.2) is 42.5 Å². The normalized spacial score (nSPS) is 21.3.